The van der Waals surface area contributed by atoms with E-state index in [1.165, 1.54) is 6.07 Å². The van der Waals surface area contributed by atoms with Crippen molar-refractivity contribution in [3.8, 4) is 11.8 Å². The SMILES string of the molecule is CC1=Cc2c(cc(F)c(Oc3nc(NC4=NCC(c5cccs5)=C4)cc(N4CCN(C)CC4)n3)c2F)C1. The van der Waals surface area contributed by atoms with E-state index in [0.717, 1.165) is 42.2 Å². The third-order valence-electron chi connectivity index (χ3n) is 6.70. The third kappa shape index (κ3) is 4.86. The number of aromatic nitrogens is 2. The topological polar surface area (TPSA) is 65.9 Å². The van der Waals surface area contributed by atoms with Gasteiger partial charge in [0.1, 0.15) is 17.5 Å². The summed E-state index contributed by atoms with van der Waals surface area (Å²) in [6.45, 7) is 5.75. The molecule has 2 aromatic heterocycles. The fraction of sp³-hybridized carbons (Fsp3) is 0.296. The molecule has 37 heavy (non-hydrogen) atoms. The molecule has 0 spiro atoms. The van der Waals surface area contributed by atoms with Crippen LogP contribution in [0.25, 0.3) is 11.6 Å². The molecule has 0 radical (unpaired) electrons. The van der Waals surface area contributed by atoms with Crippen LogP contribution in [0.5, 0.6) is 11.8 Å². The van der Waals surface area contributed by atoms with Gasteiger partial charge in [0.15, 0.2) is 11.6 Å². The Labute approximate surface area is 217 Å². The predicted octanol–water partition coefficient (Wildman–Crippen LogP) is 5.23. The van der Waals surface area contributed by atoms with Crippen LogP contribution in [0.1, 0.15) is 22.9 Å². The molecule has 1 N–H and O–H groups in total. The molecule has 0 unspecified atom stereocenters. The first kappa shape index (κ1) is 23.7. The van der Waals surface area contributed by atoms with Crippen molar-refractivity contribution in [2.75, 3.05) is 50.0 Å². The van der Waals surface area contributed by atoms with Crippen LogP contribution in [-0.4, -0.2) is 60.5 Å². The Morgan fingerprint density at radius 1 is 1.08 bits per heavy atom. The number of ether oxygens (including phenoxy) is 1. The summed E-state index contributed by atoms with van der Waals surface area (Å²) in [4.78, 5) is 19.1. The number of rotatable bonds is 5. The van der Waals surface area contributed by atoms with E-state index in [9.17, 15) is 4.39 Å². The van der Waals surface area contributed by atoms with Crippen molar-refractivity contribution >= 4 is 40.5 Å². The summed E-state index contributed by atoms with van der Waals surface area (Å²) in [5.41, 5.74) is 3.06. The number of benzene rings is 1. The van der Waals surface area contributed by atoms with Crippen molar-refractivity contribution in [2.45, 2.75) is 13.3 Å². The molecule has 2 aliphatic heterocycles. The maximum atomic E-state index is 15.3. The van der Waals surface area contributed by atoms with Crippen molar-refractivity contribution in [2.24, 2.45) is 4.99 Å². The third-order valence-corrected chi connectivity index (χ3v) is 7.64. The zero-order chi connectivity index (χ0) is 25.5. The van der Waals surface area contributed by atoms with Gasteiger partial charge in [-0.2, -0.15) is 9.97 Å². The van der Waals surface area contributed by atoms with Crippen LogP contribution in [-0.2, 0) is 6.42 Å². The van der Waals surface area contributed by atoms with E-state index in [-0.39, 0.29) is 6.01 Å². The van der Waals surface area contributed by atoms with Crippen molar-refractivity contribution in [3.63, 3.8) is 0 Å². The first-order valence-electron chi connectivity index (χ1n) is 12.2. The van der Waals surface area contributed by atoms with Crippen LogP contribution in [0.3, 0.4) is 0 Å². The van der Waals surface area contributed by atoms with Crippen LogP contribution < -0.4 is 15.0 Å². The molecule has 3 aliphatic rings. The van der Waals surface area contributed by atoms with Crippen molar-refractivity contribution in [3.05, 3.63) is 68.9 Å². The van der Waals surface area contributed by atoms with E-state index in [4.69, 9.17) is 4.74 Å². The minimum absolute atomic E-state index is 0.128. The highest BCUT2D eigenvalue weighted by atomic mass is 32.1. The predicted molar refractivity (Wildman–Crippen MR) is 144 cm³/mol. The molecule has 1 aliphatic carbocycles. The quantitative estimate of drug-likeness (QED) is 0.497. The van der Waals surface area contributed by atoms with E-state index in [2.05, 4.69) is 43.2 Å². The minimum Gasteiger partial charge on any atom is -0.418 e. The van der Waals surface area contributed by atoms with Crippen LogP contribution in [0.2, 0.25) is 0 Å². The Morgan fingerprint density at radius 2 is 1.92 bits per heavy atom. The Kier molecular flexibility index (Phi) is 6.21. The smallest absolute Gasteiger partial charge is 0.326 e. The van der Waals surface area contributed by atoms with Crippen molar-refractivity contribution in [1.82, 2.24) is 14.9 Å². The van der Waals surface area contributed by atoms with Gasteiger partial charge in [-0.15, -0.1) is 11.3 Å². The molecular weight excluding hydrogens is 494 g/mol. The van der Waals surface area contributed by atoms with E-state index in [0.29, 0.717) is 41.6 Å². The molecule has 4 heterocycles. The van der Waals surface area contributed by atoms with Crippen molar-refractivity contribution < 1.29 is 13.5 Å². The molecule has 1 aromatic carbocycles. The number of nitrogens with one attached hydrogen (secondary N) is 1. The number of thiophene rings is 1. The first-order valence-corrected chi connectivity index (χ1v) is 13.1. The molecule has 0 saturated carbocycles. The van der Waals surface area contributed by atoms with Crippen LogP contribution >= 0.6 is 11.3 Å². The number of piperazine rings is 1. The van der Waals surface area contributed by atoms with Gasteiger partial charge in [-0.25, -0.2) is 8.78 Å². The number of halogens is 2. The van der Waals surface area contributed by atoms with E-state index < -0.39 is 17.4 Å². The Balaban J connectivity index is 1.32. The van der Waals surface area contributed by atoms with Crippen LogP contribution in [0, 0.1) is 11.6 Å². The second-order valence-corrected chi connectivity index (χ2v) is 10.4. The largest absolute Gasteiger partial charge is 0.418 e. The first-order chi connectivity index (χ1) is 17.9. The van der Waals surface area contributed by atoms with E-state index in [1.54, 1.807) is 17.4 Å². The monoisotopic (exact) mass is 520 g/mol. The molecule has 3 aromatic rings. The van der Waals surface area contributed by atoms with Gasteiger partial charge in [0, 0.05) is 42.7 Å². The Hall–Kier alpha value is -3.63. The Morgan fingerprint density at radius 3 is 2.70 bits per heavy atom. The van der Waals surface area contributed by atoms with Gasteiger partial charge in [0.2, 0.25) is 5.75 Å². The fourth-order valence-corrected chi connectivity index (χ4v) is 5.45. The lowest BCUT2D eigenvalue weighted by atomic mass is 10.1. The molecule has 0 bridgehead atoms. The van der Waals surface area contributed by atoms with Crippen molar-refractivity contribution in [1.29, 1.82) is 0 Å². The lowest BCUT2D eigenvalue weighted by Crippen LogP contribution is -2.44. The van der Waals surface area contributed by atoms with Gasteiger partial charge in [0.25, 0.3) is 0 Å². The summed E-state index contributed by atoms with van der Waals surface area (Å²) in [5.74, 6) is -0.277. The number of nitrogens with zero attached hydrogens (tertiary/aromatic N) is 5. The number of likely N-dealkylation sites (N-methyl/N-ethyl adjacent to an activating group) is 1. The van der Waals surface area contributed by atoms with Gasteiger partial charge < -0.3 is 19.9 Å². The van der Waals surface area contributed by atoms with Crippen LogP contribution in [0.15, 0.2) is 46.3 Å². The zero-order valence-corrected chi connectivity index (χ0v) is 21.4. The molecule has 1 saturated heterocycles. The molecule has 6 rings (SSSR count). The second-order valence-electron chi connectivity index (χ2n) is 9.50. The summed E-state index contributed by atoms with van der Waals surface area (Å²) < 4.78 is 35.9. The van der Waals surface area contributed by atoms with Gasteiger partial charge in [-0.1, -0.05) is 17.7 Å². The fourth-order valence-electron chi connectivity index (χ4n) is 4.71. The number of fused-ring (bicyclic) bond motifs is 1. The number of anilines is 2. The normalized spacial score (nSPS) is 17.4. The van der Waals surface area contributed by atoms with Gasteiger partial charge in [-0.05, 0) is 55.1 Å². The maximum absolute atomic E-state index is 15.3. The molecular formula is C27H26F2N6OS. The lowest BCUT2D eigenvalue weighted by molar-refractivity contribution is 0.311. The summed E-state index contributed by atoms with van der Waals surface area (Å²) in [5, 5.41) is 5.27. The maximum Gasteiger partial charge on any atom is 0.326 e. The average molecular weight is 521 g/mol. The minimum atomic E-state index is -0.772. The second kappa shape index (κ2) is 9.68. The summed E-state index contributed by atoms with van der Waals surface area (Å²) >= 11 is 1.66. The number of allylic oxidation sites excluding steroid dienone is 1. The average Bonchev–Trinajstić information content (AvgIpc) is 3.63. The molecule has 0 atom stereocenters. The molecule has 0 amide bonds. The number of hydrogen-bond acceptors (Lipinski definition) is 8. The highest BCUT2D eigenvalue weighted by molar-refractivity contribution is 7.11. The molecule has 190 valence electrons. The van der Waals surface area contributed by atoms with Crippen LogP contribution in [0.4, 0.5) is 20.4 Å². The Bertz CT molecular complexity index is 1440. The van der Waals surface area contributed by atoms with E-state index >= 15 is 4.39 Å². The number of aliphatic imine (C=N–C) groups is 1. The zero-order valence-electron chi connectivity index (χ0n) is 20.6. The molecule has 1 fully saturated rings. The standard InChI is InChI=1S/C27H26F2N6OS/c1-16-10-17-12-20(28)26(25(29)19(17)11-16)36-27-32-23(14-24(33-27)35-7-5-34(2)6-8-35)31-22-13-18(15-30-22)21-4-3-9-37-21/h3-4,9,11-14H,5-8,10,15H2,1-2H3,(H,30,31,32,33). The number of amidine groups is 1. The van der Waals surface area contributed by atoms with Gasteiger partial charge in [-0.3, -0.25) is 4.99 Å². The summed E-state index contributed by atoms with van der Waals surface area (Å²) in [6, 6.07) is 7.09. The number of hydrogen-bond donors (Lipinski definition) is 1. The molecule has 10 heteroatoms. The molecule has 7 nitrogen and oxygen atoms in total. The summed E-state index contributed by atoms with van der Waals surface area (Å²) in [7, 11) is 2.07. The van der Waals surface area contributed by atoms with Gasteiger partial charge in [0.05, 0.1) is 6.54 Å². The lowest BCUT2D eigenvalue weighted by Gasteiger charge is -2.33. The van der Waals surface area contributed by atoms with Gasteiger partial charge >= 0.3 is 6.01 Å². The highest BCUT2D eigenvalue weighted by Gasteiger charge is 2.25. The van der Waals surface area contributed by atoms with E-state index in [1.807, 2.05) is 30.5 Å². The highest BCUT2D eigenvalue weighted by Crippen LogP contribution is 2.36. The summed E-state index contributed by atoms with van der Waals surface area (Å²) in [6.07, 6.45) is 4.23.